The molecule has 1 heterocycles. The van der Waals surface area contributed by atoms with Gasteiger partial charge in [0, 0.05) is 17.2 Å². The Hall–Kier alpha value is -0.630. The van der Waals surface area contributed by atoms with Gasteiger partial charge in [-0.2, -0.15) is 0 Å². The molecule has 1 atom stereocenters. The van der Waals surface area contributed by atoms with Crippen LogP contribution in [0.25, 0.3) is 0 Å². The van der Waals surface area contributed by atoms with Gasteiger partial charge in [0.1, 0.15) is 6.29 Å². The molecule has 70 valence electrons. The molecule has 1 unspecified atom stereocenters. The molecule has 1 aliphatic rings. The molecular formula is C11H14OS. The van der Waals surface area contributed by atoms with Crippen molar-refractivity contribution in [2.24, 2.45) is 5.92 Å². The van der Waals surface area contributed by atoms with Crippen molar-refractivity contribution in [1.82, 2.24) is 0 Å². The summed E-state index contributed by atoms with van der Waals surface area (Å²) in [6, 6.07) is 2.15. The molecule has 1 aromatic rings. The van der Waals surface area contributed by atoms with Crippen molar-refractivity contribution in [3.63, 3.8) is 0 Å². The Labute approximate surface area is 82.8 Å². The summed E-state index contributed by atoms with van der Waals surface area (Å²) in [4.78, 5) is 12.0. The van der Waals surface area contributed by atoms with Gasteiger partial charge in [-0.1, -0.05) is 0 Å². The average Bonchev–Trinajstić information content (AvgIpc) is 2.86. The van der Waals surface area contributed by atoms with Crippen molar-refractivity contribution in [2.75, 3.05) is 0 Å². The minimum Gasteiger partial charge on any atom is -0.303 e. The third-order valence-electron chi connectivity index (χ3n) is 2.78. The number of hydrogen-bond donors (Lipinski definition) is 0. The largest absolute Gasteiger partial charge is 0.303 e. The predicted octanol–water partition coefficient (Wildman–Crippen LogP) is 3.14. The van der Waals surface area contributed by atoms with Gasteiger partial charge < -0.3 is 4.79 Å². The van der Waals surface area contributed by atoms with Crippen LogP contribution >= 0.6 is 11.3 Å². The lowest BCUT2D eigenvalue weighted by atomic mass is 9.96. The molecule has 0 spiro atoms. The molecule has 0 aromatic carbocycles. The van der Waals surface area contributed by atoms with E-state index in [-0.39, 0.29) is 0 Å². The number of hydrogen-bond acceptors (Lipinski definition) is 2. The molecule has 1 saturated carbocycles. The minimum absolute atomic E-state index is 0.525. The fourth-order valence-electron chi connectivity index (χ4n) is 1.88. The van der Waals surface area contributed by atoms with Gasteiger partial charge in [0.25, 0.3) is 0 Å². The summed E-state index contributed by atoms with van der Waals surface area (Å²) in [5.41, 5.74) is 1.36. The van der Waals surface area contributed by atoms with Crippen LogP contribution in [0, 0.1) is 12.8 Å². The maximum Gasteiger partial charge on any atom is 0.120 e. The average molecular weight is 194 g/mol. The zero-order valence-electron chi connectivity index (χ0n) is 7.82. The van der Waals surface area contributed by atoms with Gasteiger partial charge in [-0.3, -0.25) is 0 Å². The second-order valence-electron chi connectivity index (χ2n) is 3.81. The first kappa shape index (κ1) is 8.95. The van der Waals surface area contributed by atoms with E-state index in [2.05, 4.69) is 18.4 Å². The Balaban J connectivity index is 2.19. The van der Waals surface area contributed by atoms with E-state index in [4.69, 9.17) is 0 Å². The molecule has 13 heavy (non-hydrogen) atoms. The third kappa shape index (κ3) is 1.83. The number of thiophene rings is 1. The summed E-state index contributed by atoms with van der Waals surface area (Å²) >= 11 is 1.81. The zero-order chi connectivity index (χ0) is 9.26. The van der Waals surface area contributed by atoms with Gasteiger partial charge in [-0.25, -0.2) is 0 Å². The summed E-state index contributed by atoms with van der Waals surface area (Å²) in [7, 11) is 0. The van der Waals surface area contributed by atoms with Crippen molar-refractivity contribution in [2.45, 2.75) is 32.1 Å². The summed E-state index contributed by atoms with van der Waals surface area (Å²) in [6.07, 6.45) is 4.42. The van der Waals surface area contributed by atoms with Crippen LogP contribution in [0.1, 0.15) is 35.6 Å². The van der Waals surface area contributed by atoms with Gasteiger partial charge in [-0.05, 0) is 42.7 Å². The van der Waals surface area contributed by atoms with E-state index in [0.717, 1.165) is 12.2 Å². The van der Waals surface area contributed by atoms with Gasteiger partial charge in [0.05, 0.1) is 0 Å². The van der Waals surface area contributed by atoms with E-state index in [1.807, 2.05) is 11.3 Å². The molecule has 0 saturated heterocycles. The minimum atomic E-state index is 0.525. The smallest absolute Gasteiger partial charge is 0.120 e. The Morgan fingerprint density at radius 2 is 2.46 bits per heavy atom. The highest BCUT2D eigenvalue weighted by atomic mass is 32.1. The van der Waals surface area contributed by atoms with Crippen molar-refractivity contribution >= 4 is 17.6 Å². The Morgan fingerprint density at radius 1 is 1.69 bits per heavy atom. The number of aldehydes is 1. The summed E-state index contributed by atoms with van der Waals surface area (Å²) in [5, 5.41) is 2.13. The normalized spacial score (nSPS) is 18.5. The topological polar surface area (TPSA) is 17.1 Å². The number of carbonyl (C=O) groups excluding carboxylic acids is 1. The molecule has 1 fully saturated rings. The quantitative estimate of drug-likeness (QED) is 0.673. The van der Waals surface area contributed by atoms with Crippen LogP contribution in [0.5, 0.6) is 0 Å². The van der Waals surface area contributed by atoms with Crippen LogP contribution < -0.4 is 0 Å². The molecular weight excluding hydrogens is 180 g/mol. The molecule has 0 N–H and O–H groups in total. The van der Waals surface area contributed by atoms with E-state index in [9.17, 15) is 4.79 Å². The van der Waals surface area contributed by atoms with Gasteiger partial charge in [0.2, 0.25) is 0 Å². The van der Waals surface area contributed by atoms with E-state index < -0.39 is 0 Å². The van der Waals surface area contributed by atoms with Crippen molar-refractivity contribution in [3.05, 3.63) is 21.9 Å². The van der Waals surface area contributed by atoms with E-state index >= 15 is 0 Å². The lowest BCUT2D eigenvalue weighted by molar-refractivity contribution is -0.108. The molecule has 0 bridgehead atoms. The molecule has 0 aliphatic heterocycles. The molecule has 2 rings (SSSR count). The summed E-state index contributed by atoms with van der Waals surface area (Å²) < 4.78 is 0. The Kier molecular flexibility index (Phi) is 2.49. The summed E-state index contributed by atoms with van der Waals surface area (Å²) in [5.74, 6) is 1.32. The van der Waals surface area contributed by atoms with Crippen LogP contribution in [0.15, 0.2) is 11.4 Å². The van der Waals surface area contributed by atoms with Crippen molar-refractivity contribution in [3.8, 4) is 0 Å². The summed E-state index contributed by atoms with van der Waals surface area (Å²) in [6.45, 7) is 2.14. The van der Waals surface area contributed by atoms with Crippen LogP contribution in [0.4, 0.5) is 0 Å². The fraction of sp³-hybridized carbons (Fsp3) is 0.545. The molecule has 1 aliphatic carbocycles. The number of carbonyl (C=O) groups is 1. The molecule has 0 amide bonds. The van der Waals surface area contributed by atoms with E-state index in [1.54, 1.807) is 0 Å². The predicted molar refractivity (Wildman–Crippen MR) is 55.2 cm³/mol. The number of rotatable bonds is 4. The second-order valence-corrected chi connectivity index (χ2v) is 4.76. The first-order chi connectivity index (χ1) is 6.33. The van der Waals surface area contributed by atoms with Crippen molar-refractivity contribution < 1.29 is 4.79 Å². The van der Waals surface area contributed by atoms with Gasteiger partial charge in [0.15, 0.2) is 0 Å². The van der Waals surface area contributed by atoms with Gasteiger partial charge >= 0.3 is 0 Å². The maximum absolute atomic E-state index is 10.6. The zero-order valence-corrected chi connectivity index (χ0v) is 8.64. The van der Waals surface area contributed by atoms with Crippen LogP contribution in [-0.2, 0) is 4.79 Å². The highest BCUT2D eigenvalue weighted by Gasteiger charge is 2.33. The third-order valence-corrected chi connectivity index (χ3v) is 3.93. The SMILES string of the molecule is Cc1ccsc1C(CC=O)C1CC1. The second kappa shape index (κ2) is 3.62. The van der Waals surface area contributed by atoms with Crippen LogP contribution in [-0.4, -0.2) is 6.29 Å². The van der Waals surface area contributed by atoms with E-state index in [0.29, 0.717) is 12.3 Å². The molecule has 2 heteroatoms. The first-order valence-corrected chi connectivity index (χ1v) is 5.68. The van der Waals surface area contributed by atoms with Crippen LogP contribution in [0.3, 0.4) is 0 Å². The molecule has 1 nitrogen and oxygen atoms in total. The van der Waals surface area contributed by atoms with E-state index in [1.165, 1.54) is 23.3 Å². The monoisotopic (exact) mass is 194 g/mol. The lowest BCUT2D eigenvalue weighted by Gasteiger charge is -2.11. The Morgan fingerprint density at radius 3 is 2.92 bits per heavy atom. The van der Waals surface area contributed by atoms with Crippen molar-refractivity contribution in [1.29, 1.82) is 0 Å². The first-order valence-electron chi connectivity index (χ1n) is 4.80. The molecule has 0 radical (unpaired) electrons. The standard InChI is InChI=1S/C11H14OS/c1-8-5-7-13-11(8)10(4-6-12)9-2-3-9/h5-7,9-10H,2-4H2,1H3. The highest BCUT2D eigenvalue weighted by molar-refractivity contribution is 7.10. The molecule has 1 aromatic heterocycles. The fourth-order valence-corrected chi connectivity index (χ4v) is 3.02. The number of aryl methyl sites for hydroxylation is 1. The highest BCUT2D eigenvalue weighted by Crippen LogP contribution is 2.46. The lowest BCUT2D eigenvalue weighted by Crippen LogP contribution is -2.01. The van der Waals surface area contributed by atoms with Gasteiger partial charge in [-0.15, -0.1) is 11.3 Å². The van der Waals surface area contributed by atoms with Crippen LogP contribution in [0.2, 0.25) is 0 Å². The maximum atomic E-state index is 10.6. The Bertz CT molecular complexity index is 299.